The lowest BCUT2D eigenvalue weighted by Gasteiger charge is -2.11. The second-order valence-corrected chi connectivity index (χ2v) is 7.13. The van der Waals surface area contributed by atoms with Gasteiger partial charge in [-0.25, -0.2) is 4.68 Å². The highest BCUT2D eigenvalue weighted by Crippen LogP contribution is 2.25. The van der Waals surface area contributed by atoms with Gasteiger partial charge in [-0.15, -0.1) is 0 Å². The Bertz CT molecular complexity index is 1270. The molecule has 0 spiro atoms. The maximum absolute atomic E-state index is 13.1. The van der Waals surface area contributed by atoms with E-state index >= 15 is 0 Å². The summed E-state index contributed by atoms with van der Waals surface area (Å²) in [5.41, 5.74) is 3.80. The van der Waals surface area contributed by atoms with E-state index < -0.39 is 0 Å². The van der Waals surface area contributed by atoms with Gasteiger partial charge in [-0.2, -0.15) is 5.10 Å². The van der Waals surface area contributed by atoms with Crippen LogP contribution < -0.4 is 10.6 Å². The fourth-order valence-electron chi connectivity index (χ4n) is 3.33. The molecule has 2 amide bonds. The number of benzene rings is 2. The van der Waals surface area contributed by atoms with E-state index in [0.717, 1.165) is 11.4 Å². The molecule has 7 nitrogen and oxygen atoms in total. The zero-order valence-electron chi connectivity index (χ0n) is 17.7. The van der Waals surface area contributed by atoms with Crippen molar-refractivity contribution in [3.8, 4) is 5.69 Å². The molecule has 0 unspecified atom stereocenters. The number of carbonyl (C=O) groups excluding carboxylic acids is 2. The van der Waals surface area contributed by atoms with Crippen LogP contribution in [-0.4, -0.2) is 21.6 Å². The first-order valence-corrected chi connectivity index (χ1v) is 10.1. The number of aromatic nitrogens is 2. The maximum Gasteiger partial charge on any atom is 0.257 e. The molecule has 0 aliphatic heterocycles. The molecule has 2 heterocycles. The van der Waals surface area contributed by atoms with E-state index in [2.05, 4.69) is 15.7 Å². The lowest BCUT2D eigenvalue weighted by Crippen LogP contribution is -2.17. The van der Waals surface area contributed by atoms with Gasteiger partial charge in [0.1, 0.15) is 5.76 Å². The van der Waals surface area contributed by atoms with Crippen LogP contribution in [0.3, 0.4) is 0 Å². The molecular weight excluding hydrogens is 404 g/mol. The van der Waals surface area contributed by atoms with Gasteiger partial charge in [-0.05, 0) is 56.3 Å². The number of hydrogen-bond donors (Lipinski definition) is 2. The molecule has 0 aliphatic rings. The summed E-state index contributed by atoms with van der Waals surface area (Å²) in [5.74, 6) is -0.145. The normalized spacial score (nSPS) is 10.9. The fourth-order valence-corrected chi connectivity index (χ4v) is 3.33. The minimum absolute atomic E-state index is 0.338. The minimum Gasteiger partial charge on any atom is -0.465 e. The van der Waals surface area contributed by atoms with Crippen molar-refractivity contribution >= 4 is 29.3 Å². The SMILES string of the molecule is Cc1nn(-c2ccccc2)c(C)c1NC(=O)c1ccccc1NC(=O)/C=C/c1ccco1. The van der Waals surface area contributed by atoms with Crippen LogP contribution in [0.5, 0.6) is 0 Å². The molecular formula is C25H22N4O3. The van der Waals surface area contributed by atoms with Crippen LogP contribution in [0.15, 0.2) is 83.5 Å². The summed E-state index contributed by atoms with van der Waals surface area (Å²) in [5, 5.41) is 10.3. The van der Waals surface area contributed by atoms with Gasteiger partial charge in [0.15, 0.2) is 0 Å². The number of carbonyl (C=O) groups is 2. The Kier molecular flexibility index (Phi) is 5.98. The van der Waals surface area contributed by atoms with E-state index in [1.54, 1.807) is 47.2 Å². The Morgan fingerprint density at radius 2 is 1.69 bits per heavy atom. The molecule has 0 radical (unpaired) electrons. The first kappa shape index (κ1) is 20.9. The number of para-hydroxylation sites is 2. The molecule has 0 aliphatic carbocycles. The standard InChI is InChI=1S/C25H22N4O3/c1-17-24(18(2)29(28-17)19-9-4-3-5-10-19)27-25(31)21-12-6-7-13-22(21)26-23(30)15-14-20-11-8-16-32-20/h3-16H,1-2H3,(H,26,30)(H,27,31)/b15-14+. The topological polar surface area (TPSA) is 89.2 Å². The quantitative estimate of drug-likeness (QED) is 0.425. The molecule has 7 heteroatoms. The number of anilines is 2. The minimum atomic E-state index is -0.370. The van der Waals surface area contributed by atoms with Gasteiger partial charge >= 0.3 is 0 Å². The number of furan rings is 1. The summed E-state index contributed by atoms with van der Waals surface area (Å²) >= 11 is 0. The average Bonchev–Trinajstić information content (AvgIpc) is 3.42. The highest BCUT2D eigenvalue weighted by atomic mass is 16.3. The van der Waals surface area contributed by atoms with E-state index in [1.165, 1.54) is 12.3 Å². The number of amides is 2. The fraction of sp³-hybridized carbons (Fsp3) is 0.0800. The van der Waals surface area contributed by atoms with Crippen molar-refractivity contribution in [2.45, 2.75) is 13.8 Å². The second kappa shape index (κ2) is 9.18. The van der Waals surface area contributed by atoms with Crippen molar-refractivity contribution in [1.29, 1.82) is 0 Å². The Morgan fingerprint density at radius 3 is 2.44 bits per heavy atom. The van der Waals surface area contributed by atoms with Crippen LogP contribution in [0.25, 0.3) is 11.8 Å². The van der Waals surface area contributed by atoms with E-state index in [4.69, 9.17) is 4.42 Å². The van der Waals surface area contributed by atoms with Crippen LogP contribution in [0.1, 0.15) is 27.5 Å². The lowest BCUT2D eigenvalue weighted by atomic mass is 10.1. The van der Waals surface area contributed by atoms with Crippen molar-refractivity contribution in [3.63, 3.8) is 0 Å². The highest BCUT2D eigenvalue weighted by Gasteiger charge is 2.18. The summed E-state index contributed by atoms with van der Waals surface area (Å²) in [6.45, 7) is 3.74. The number of rotatable bonds is 6. The number of nitrogens with zero attached hydrogens (tertiary/aromatic N) is 2. The van der Waals surface area contributed by atoms with Gasteiger partial charge in [-0.3, -0.25) is 9.59 Å². The van der Waals surface area contributed by atoms with Gasteiger partial charge in [-0.1, -0.05) is 30.3 Å². The number of aryl methyl sites for hydroxylation is 1. The summed E-state index contributed by atoms with van der Waals surface area (Å²) in [4.78, 5) is 25.4. The molecule has 0 atom stereocenters. The van der Waals surface area contributed by atoms with Crippen molar-refractivity contribution < 1.29 is 14.0 Å². The molecule has 160 valence electrons. The Balaban J connectivity index is 1.54. The van der Waals surface area contributed by atoms with Gasteiger partial charge in [0, 0.05) is 6.08 Å². The smallest absolute Gasteiger partial charge is 0.257 e. The van der Waals surface area contributed by atoms with Gasteiger partial charge in [0.2, 0.25) is 5.91 Å². The predicted molar refractivity (Wildman–Crippen MR) is 124 cm³/mol. The van der Waals surface area contributed by atoms with Crippen LogP contribution in [0.2, 0.25) is 0 Å². The third-order valence-electron chi connectivity index (χ3n) is 4.90. The van der Waals surface area contributed by atoms with E-state index in [-0.39, 0.29) is 11.8 Å². The summed E-state index contributed by atoms with van der Waals surface area (Å²) < 4.78 is 6.97. The predicted octanol–water partition coefficient (Wildman–Crippen LogP) is 4.99. The summed E-state index contributed by atoms with van der Waals surface area (Å²) in [6.07, 6.45) is 4.44. The zero-order valence-corrected chi connectivity index (χ0v) is 17.7. The number of nitrogens with one attached hydrogen (secondary N) is 2. The molecule has 0 bridgehead atoms. The Hall–Kier alpha value is -4.39. The van der Waals surface area contributed by atoms with Crippen molar-refractivity contribution in [2.75, 3.05) is 10.6 Å². The second-order valence-electron chi connectivity index (χ2n) is 7.13. The van der Waals surface area contributed by atoms with Gasteiger partial charge < -0.3 is 15.1 Å². The first-order chi connectivity index (χ1) is 15.5. The van der Waals surface area contributed by atoms with Crippen molar-refractivity contribution in [3.05, 3.63) is 102 Å². The molecule has 0 fully saturated rings. The van der Waals surface area contributed by atoms with E-state index in [0.29, 0.717) is 28.4 Å². The third-order valence-corrected chi connectivity index (χ3v) is 4.90. The summed E-state index contributed by atoms with van der Waals surface area (Å²) in [7, 11) is 0. The maximum atomic E-state index is 13.1. The van der Waals surface area contributed by atoms with Crippen molar-refractivity contribution in [1.82, 2.24) is 9.78 Å². The molecule has 2 N–H and O–H groups in total. The molecule has 0 saturated heterocycles. The van der Waals surface area contributed by atoms with Crippen molar-refractivity contribution in [2.24, 2.45) is 0 Å². The van der Waals surface area contributed by atoms with E-state index in [1.807, 2.05) is 44.2 Å². The molecule has 0 saturated carbocycles. The van der Waals surface area contributed by atoms with Crippen LogP contribution in [0, 0.1) is 13.8 Å². The Labute approximate surface area is 185 Å². The first-order valence-electron chi connectivity index (χ1n) is 10.1. The van der Waals surface area contributed by atoms with Crippen LogP contribution in [-0.2, 0) is 4.79 Å². The number of hydrogen-bond acceptors (Lipinski definition) is 4. The monoisotopic (exact) mass is 426 g/mol. The van der Waals surface area contributed by atoms with Crippen LogP contribution in [0.4, 0.5) is 11.4 Å². The average molecular weight is 426 g/mol. The molecule has 2 aromatic carbocycles. The zero-order chi connectivity index (χ0) is 22.5. The molecule has 4 rings (SSSR count). The summed E-state index contributed by atoms with van der Waals surface area (Å²) in [6, 6.07) is 20.0. The van der Waals surface area contributed by atoms with Crippen LogP contribution >= 0.6 is 0 Å². The molecule has 4 aromatic rings. The highest BCUT2D eigenvalue weighted by molar-refractivity contribution is 6.12. The third kappa shape index (κ3) is 4.52. The van der Waals surface area contributed by atoms with E-state index in [9.17, 15) is 9.59 Å². The lowest BCUT2D eigenvalue weighted by molar-refractivity contribution is -0.111. The molecule has 2 aromatic heterocycles. The van der Waals surface area contributed by atoms with Gasteiger partial charge in [0.05, 0.1) is 40.3 Å². The largest absolute Gasteiger partial charge is 0.465 e. The van der Waals surface area contributed by atoms with Gasteiger partial charge in [0.25, 0.3) is 5.91 Å². The molecule has 32 heavy (non-hydrogen) atoms. The Morgan fingerprint density at radius 1 is 0.938 bits per heavy atom.